The predicted molar refractivity (Wildman–Crippen MR) is 103 cm³/mol. The van der Waals surface area contributed by atoms with Crippen molar-refractivity contribution in [1.82, 2.24) is 30.3 Å². The van der Waals surface area contributed by atoms with Crippen molar-refractivity contribution in [3.05, 3.63) is 12.2 Å². The molecule has 1 aromatic rings. The van der Waals surface area contributed by atoms with E-state index in [0.717, 1.165) is 57.0 Å². The summed E-state index contributed by atoms with van der Waals surface area (Å²) < 4.78 is 2.09. The molecular weight excluding hydrogens is 314 g/mol. The summed E-state index contributed by atoms with van der Waals surface area (Å²) in [6.45, 7) is 8.58. The lowest BCUT2D eigenvalue weighted by molar-refractivity contribution is 0.196. The Labute approximate surface area is 152 Å². The molecule has 0 aromatic carbocycles. The highest BCUT2D eigenvalue weighted by Crippen LogP contribution is 2.21. The molecule has 25 heavy (non-hydrogen) atoms. The van der Waals surface area contributed by atoms with Crippen molar-refractivity contribution in [2.45, 2.75) is 65.0 Å². The van der Waals surface area contributed by atoms with Crippen molar-refractivity contribution in [3.63, 3.8) is 0 Å². The van der Waals surface area contributed by atoms with Crippen LogP contribution in [0.25, 0.3) is 0 Å². The molecule has 1 aliphatic rings. The van der Waals surface area contributed by atoms with Crippen molar-refractivity contribution in [1.29, 1.82) is 0 Å². The van der Waals surface area contributed by atoms with Crippen molar-refractivity contribution in [2.24, 2.45) is 4.99 Å². The zero-order valence-corrected chi connectivity index (χ0v) is 16.2. The van der Waals surface area contributed by atoms with Gasteiger partial charge >= 0.3 is 0 Å². The summed E-state index contributed by atoms with van der Waals surface area (Å²) in [6.07, 6.45) is 9.56. The molecule has 1 heterocycles. The fourth-order valence-electron chi connectivity index (χ4n) is 3.40. The van der Waals surface area contributed by atoms with Crippen LogP contribution in [-0.2, 0) is 13.0 Å². The van der Waals surface area contributed by atoms with Crippen LogP contribution in [-0.4, -0.2) is 64.9 Å². The van der Waals surface area contributed by atoms with Crippen LogP contribution in [0.4, 0.5) is 0 Å². The van der Waals surface area contributed by atoms with E-state index in [-0.39, 0.29) is 0 Å². The van der Waals surface area contributed by atoms with Gasteiger partial charge < -0.3 is 20.1 Å². The summed E-state index contributed by atoms with van der Waals surface area (Å²) >= 11 is 0. The predicted octanol–water partition coefficient (Wildman–Crippen LogP) is 1.66. The first-order valence-electron chi connectivity index (χ1n) is 9.83. The van der Waals surface area contributed by atoms with Crippen LogP contribution in [0.1, 0.15) is 51.8 Å². The van der Waals surface area contributed by atoms with Crippen LogP contribution in [0, 0.1) is 0 Å². The maximum Gasteiger partial charge on any atom is 0.191 e. The second kappa shape index (κ2) is 11.1. The van der Waals surface area contributed by atoms with Crippen molar-refractivity contribution >= 4 is 5.96 Å². The maximum absolute atomic E-state index is 4.72. The van der Waals surface area contributed by atoms with E-state index in [1.165, 1.54) is 32.1 Å². The van der Waals surface area contributed by atoms with Gasteiger partial charge in [-0.1, -0.05) is 26.2 Å². The van der Waals surface area contributed by atoms with Crippen LogP contribution in [0.3, 0.4) is 0 Å². The van der Waals surface area contributed by atoms with Gasteiger partial charge in [0.25, 0.3) is 0 Å². The molecule has 2 N–H and O–H groups in total. The van der Waals surface area contributed by atoms with Gasteiger partial charge in [-0.25, -0.2) is 0 Å². The summed E-state index contributed by atoms with van der Waals surface area (Å²) in [5.41, 5.74) is 0. The molecule has 142 valence electrons. The standard InChI is InChI=1S/C18H35N7/c1-4-17-23-22-15-25(17)14-12-21-18(19-5-2)20-11-13-24(3)16-9-7-6-8-10-16/h15-16H,4-14H2,1-3H3,(H2,19,20,21). The van der Waals surface area contributed by atoms with Crippen LogP contribution in [0.15, 0.2) is 11.3 Å². The number of hydrogen-bond acceptors (Lipinski definition) is 4. The molecule has 0 unspecified atom stereocenters. The summed E-state index contributed by atoms with van der Waals surface area (Å²) in [5, 5.41) is 14.8. The zero-order valence-electron chi connectivity index (χ0n) is 16.2. The van der Waals surface area contributed by atoms with E-state index in [9.17, 15) is 0 Å². The number of guanidine groups is 1. The summed E-state index contributed by atoms with van der Waals surface area (Å²) in [5.74, 6) is 1.92. The minimum Gasteiger partial charge on any atom is -0.357 e. The van der Waals surface area contributed by atoms with Crippen LogP contribution in [0.5, 0.6) is 0 Å². The molecule has 0 spiro atoms. The topological polar surface area (TPSA) is 70.4 Å². The van der Waals surface area contributed by atoms with Crippen molar-refractivity contribution in [3.8, 4) is 0 Å². The minimum absolute atomic E-state index is 0.751. The molecule has 0 saturated heterocycles. The Hall–Kier alpha value is -1.63. The first-order chi connectivity index (χ1) is 12.2. The second-order valence-corrected chi connectivity index (χ2v) is 6.75. The Balaban J connectivity index is 1.73. The zero-order chi connectivity index (χ0) is 17.9. The smallest absolute Gasteiger partial charge is 0.191 e. The molecule has 0 radical (unpaired) electrons. The van der Waals surface area contributed by atoms with Gasteiger partial charge in [0, 0.05) is 38.6 Å². The number of aromatic nitrogens is 3. The first-order valence-corrected chi connectivity index (χ1v) is 9.83. The largest absolute Gasteiger partial charge is 0.357 e. The van der Waals surface area contributed by atoms with E-state index in [4.69, 9.17) is 4.99 Å². The molecule has 0 aliphatic heterocycles. The number of likely N-dealkylation sites (N-methyl/N-ethyl adjacent to an activating group) is 1. The van der Waals surface area contributed by atoms with E-state index in [2.05, 4.69) is 51.2 Å². The minimum atomic E-state index is 0.751. The molecule has 7 heteroatoms. The molecule has 7 nitrogen and oxygen atoms in total. The lowest BCUT2D eigenvalue weighted by Gasteiger charge is -2.30. The lowest BCUT2D eigenvalue weighted by Crippen LogP contribution is -2.40. The Kier molecular flexibility index (Phi) is 8.72. The molecular formula is C18H35N7. The third-order valence-electron chi connectivity index (χ3n) is 4.92. The molecule has 1 aliphatic carbocycles. The number of nitrogens with one attached hydrogen (secondary N) is 2. The normalized spacial score (nSPS) is 16.4. The molecule has 2 rings (SSSR count). The van der Waals surface area contributed by atoms with Crippen molar-refractivity contribution in [2.75, 3.05) is 33.2 Å². The summed E-state index contributed by atoms with van der Waals surface area (Å²) in [4.78, 5) is 7.20. The summed E-state index contributed by atoms with van der Waals surface area (Å²) in [7, 11) is 2.24. The quantitative estimate of drug-likeness (QED) is 0.524. The van der Waals surface area contributed by atoms with Gasteiger partial charge in [0.15, 0.2) is 5.96 Å². The Bertz CT molecular complexity index is 505. The SMILES string of the molecule is CCNC(=NCCN(C)C1CCCCC1)NCCn1cnnc1CC. The molecule has 1 saturated carbocycles. The van der Waals surface area contributed by atoms with E-state index in [1.54, 1.807) is 6.33 Å². The fraction of sp³-hybridized carbons (Fsp3) is 0.833. The van der Waals surface area contributed by atoms with Crippen LogP contribution < -0.4 is 10.6 Å². The van der Waals surface area contributed by atoms with E-state index >= 15 is 0 Å². The number of hydrogen-bond donors (Lipinski definition) is 2. The van der Waals surface area contributed by atoms with Gasteiger partial charge in [-0.3, -0.25) is 4.99 Å². The van der Waals surface area contributed by atoms with Gasteiger partial charge in [0.2, 0.25) is 0 Å². The van der Waals surface area contributed by atoms with Crippen molar-refractivity contribution < 1.29 is 0 Å². The van der Waals surface area contributed by atoms with E-state index in [0.29, 0.717) is 0 Å². The molecule has 0 atom stereocenters. The number of rotatable bonds is 9. The highest BCUT2D eigenvalue weighted by atomic mass is 15.3. The van der Waals surface area contributed by atoms with Crippen LogP contribution >= 0.6 is 0 Å². The fourth-order valence-corrected chi connectivity index (χ4v) is 3.40. The average molecular weight is 350 g/mol. The number of nitrogens with zero attached hydrogens (tertiary/aromatic N) is 5. The number of aryl methyl sites for hydroxylation is 1. The monoisotopic (exact) mass is 349 g/mol. The highest BCUT2D eigenvalue weighted by molar-refractivity contribution is 5.79. The van der Waals surface area contributed by atoms with Gasteiger partial charge in [-0.15, -0.1) is 10.2 Å². The molecule has 0 amide bonds. The third kappa shape index (κ3) is 6.65. The van der Waals surface area contributed by atoms with Gasteiger partial charge in [-0.2, -0.15) is 0 Å². The van der Waals surface area contributed by atoms with E-state index in [1.807, 2.05) is 0 Å². The highest BCUT2D eigenvalue weighted by Gasteiger charge is 2.17. The average Bonchev–Trinajstić information content (AvgIpc) is 3.10. The van der Waals surface area contributed by atoms with Gasteiger partial charge in [0.05, 0.1) is 6.54 Å². The van der Waals surface area contributed by atoms with Crippen LogP contribution in [0.2, 0.25) is 0 Å². The lowest BCUT2D eigenvalue weighted by atomic mass is 9.94. The van der Waals surface area contributed by atoms with Gasteiger partial charge in [0.1, 0.15) is 12.2 Å². The third-order valence-corrected chi connectivity index (χ3v) is 4.92. The van der Waals surface area contributed by atoms with Gasteiger partial charge in [-0.05, 0) is 26.8 Å². The Morgan fingerprint density at radius 1 is 1.28 bits per heavy atom. The molecule has 1 fully saturated rings. The number of aliphatic imine (C=N–C) groups is 1. The molecule has 0 bridgehead atoms. The van der Waals surface area contributed by atoms with E-state index < -0.39 is 0 Å². The maximum atomic E-state index is 4.72. The first kappa shape index (κ1) is 19.7. The Morgan fingerprint density at radius 3 is 2.80 bits per heavy atom. The molecule has 1 aromatic heterocycles. The second-order valence-electron chi connectivity index (χ2n) is 6.75. The Morgan fingerprint density at radius 2 is 2.08 bits per heavy atom. The summed E-state index contributed by atoms with van der Waals surface area (Å²) in [6, 6.07) is 0.751.